The van der Waals surface area contributed by atoms with Crippen LogP contribution in [0, 0.1) is 0 Å². The molecule has 0 atom stereocenters. The molecule has 0 amide bonds. The third-order valence-electron chi connectivity index (χ3n) is 7.13. The van der Waals surface area contributed by atoms with Crippen LogP contribution in [0.4, 0.5) is 0 Å². The van der Waals surface area contributed by atoms with Crippen LogP contribution in [0.2, 0.25) is 0 Å². The van der Waals surface area contributed by atoms with Crippen LogP contribution in [-0.4, -0.2) is 65.3 Å². The molecule has 3 aliphatic heterocycles. The molecule has 0 N–H and O–H groups in total. The van der Waals surface area contributed by atoms with Crippen LogP contribution >= 0.6 is 0 Å². The van der Waals surface area contributed by atoms with Gasteiger partial charge in [-0.05, 0) is 52.1 Å². The van der Waals surface area contributed by atoms with E-state index in [9.17, 15) is 0 Å². The van der Waals surface area contributed by atoms with E-state index in [-0.39, 0.29) is 18.3 Å². The second-order valence-corrected chi connectivity index (χ2v) is 9.45. The smallest absolute Gasteiger partial charge is 0.399 e. The first-order valence-electron chi connectivity index (χ1n) is 10.5. The molecule has 1 aromatic heterocycles. The molecule has 150 valence electrons. The monoisotopic (exact) mass is 383 g/mol. The molecule has 0 aliphatic carbocycles. The highest BCUT2D eigenvalue weighted by Crippen LogP contribution is 2.37. The van der Waals surface area contributed by atoms with Crippen molar-refractivity contribution in [1.29, 1.82) is 0 Å². The molecular formula is C21H30BN3O3. The standard InChI is InChI=1S/C21H30BN3O3/c1-20(2)21(3,4)28-22(27-20)16-6-5-15-12-23-25(19(15)11-16)17-7-9-24(10-8-17)18-13-26-14-18/h5-6,11-12,17-18H,7-10,13-14H2,1-4H3. The summed E-state index contributed by atoms with van der Waals surface area (Å²) in [5, 5.41) is 5.92. The molecule has 28 heavy (non-hydrogen) atoms. The van der Waals surface area contributed by atoms with Crippen LogP contribution in [0.25, 0.3) is 10.9 Å². The Labute approximate surface area is 167 Å². The number of hydrogen-bond acceptors (Lipinski definition) is 5. The van der Waals surface area contributed by atoms with E-state index in [1.807, 2.05) is 6.20 Å². The fourth-order valence-electron chi connectivity index (χ4n) is 4.40. The number of benzene rings is 1. The van der Waals surface area contributed by atoms with E-state index in [2.05, 4.69) is 55.5 Å². The molecule has 5 rings (SSSR count). The number of nitrogens with zero attached hydrogens (tertiary/aromatic N) is 3. The minimum Gasteiger partial charge on any atom is -0.399 e. The van der Waals surface area contributed by atoms with Crippen molar-refractivity contribution in [2.45, 2.75) is 63.8 Å². The van der Waals surface area contributed by atoms with Crippen LogP contribution in [-0.2, 0) is 14.0 Å². The Morgan fingerprint density at radius 2 is 1.68 bits per heavy atom. The Bertz CT molecular complexity index is 853. The van der Waals surface area contributed by atoms with Gasteiger partial charge in [0.25, 0.3) is 0 Å². The maximum atomic E-state index is 6.25. The molecule has 0 radical (unpaired) electrons. The zero-order chi connectivity index (χ0) is 19.5. The zero-order valence-corrected chi connectivity index (χ0v) is 17.4. The van der Waals surface area contributed by atoms with Gasteiger partial charge in [-0.15, -0.1) is 0 Å². The van der Waals surface area contributed by atoms with Crippen molar-refractivity contribution < 1.29 is 14.0 Å². The van der Waals surface area contributed by atoms with Gasteiger partial charge in [-0.3, -0.25) is 9.58 Å². The van der Waals surface area contributed by atoms with Crippen LogP contribution < -0.4 is 5.46 Å². The topological polar surface area (TPSA) is 48.8 Å². The average molecular weight is 383 g/mol. The van der Waals surface area contributed by atoms with Gasteiger partial charge in [-0.25, -0.2) is 0 Å². The van der Waals surface area contributed by atoms with Crippen molar-refractivity contribution >= 4 is 23.5 Å². The van der Waals surface area contributed by atoms with Gasteiger partial charge in [0.05, 0.1) is 48.2 Å². The van der Waals surface area contributed by atoms with E-state index >= 15 is 0 Å². The minimum absolute atomic E-state index is 0.328. The summed E-state index contributed by atoms with van der Waals surface area (Å²) in [7, 11) is -0.335. The number of ether oxygens (including phenoxy) is 1. The van der Waals surface area contributed by atoms with Gasteiger partial charge in [0.2, 0.25) is 0 Å². The molecule has 2 aromatic rings. The maximum absolute atomic E-state index is 6.25. The molecule has 1 aromatic carbocycles. The molecule has 3 aliphatic rings. The van der Waals surface area contributed by atoms with E-state index in [1.165, 1.54) is 10.9 Å². The minimum atomic E-state index is -0.335. The fourth-order valence-corrected chi connectivity index (χ4v) is 4.40. The highest BCUT2D eigenvalue weighted by molar-refractivity contribution is 6.62. The van der Waals surface area contributed by atoms with E-state index in [0.717, 1.165) is 44.6 Å². The van der Waals surface area contributed by atoms with Crippen LogP contribution in [0.1, 0.15) is 46.6 Å². The lowest BCUT2D eigenvalue weighted by Gasteiger charge is -2.41. The van der Waals surface area contributed by atoms with Crippen molar-refractivity contribution in [2.24, 2.45) is 0 Å². The Morgan fingerprint density at radius 3 is 2.29 bits per heavy atom. The summed E-state index contributed by atoms with van der Waals surface area (Å²) in [6.45, 7) is 12.4. The van der Waals surface area contributed by atoms with Crippen molar-refractivity contribution in [3.05, 3.63) is 24.4 Å². The van der Waals surface area contributed by atoms with E-state index in [1.54, 1.807) is 0 Å². The number of piperidine rings is 1. The fraction of sp³-hybridized carbons (Fsp3) is 0.667. The van der Waals surface area contributed by atoms with Crippen molar-refractivity contribution in [2.75, 3.05) is 26.3 Å². The highest BCUT2D eigenvalue weighted by atomic mass is 16.7. The number of likely N-dealkylation sites (tertiary alicyclic amines) is 1. The predicted molar refractivity (Wildman–Crippen MR) is 110 cm³/mol. The normalized spacial score (nSPS) is 26.1. The third-order valence-corrected chi connectivity index (χ3v) is 7.13. The first-order chi connectivity index (χ1) is 13.3. The first kappa shape index (κ1) is 18.6. The van der Waals surface area contributed by atoms with Crippen LogP contribution in [0.15, 0.2) is 24.4 Å². The number of rotatable bonds is 3. The van der Waals surface area contributed by atoms with Gasteiger partial charge in [0, 0.05) is 18.5 Å². The second-order valence-electron chi connectivity index (χ2n) is 9.45. The Balaban J connectivity index is 1.37. The molecule has 0 spiro atoms. The number of fused-ring (bicyclic) bond motifs is 1. The Kier molecular flexibility index (Phi) is 4.36. The van der Waals surface area contributed by atoms with Crippen LogP contribution in [0.5, 0.6) is 0 Å². The summed E-state index contributed by atoms with van der Waals surface area (Å²) in [4.78, 5) is 2.57. The van der Waals surface area contributed by atoms with Gasteiger partial charge < -0.3 is 14.0 Å². The molecule has 0 saturated carbocycles. The van der Waals surface area contributed by atoms with Gasteiger partial charge in [-0.2, -0.15) is 5.10 Å². The number of aromatic nitrogens is 2. The van der Waals surface area contributed by atoms with Crippen LogP contribution in [0.3, 0.4) is 0 Å². The van der Waals surface area contributed by atoms with E-state index in [4.69, 9.17) is 19.1 Å². The molecular weight excluding hydrogens is 353 g/mol. The summed E-state index contributed by atoms with van der Waals surface area (Å²) < 4.78 is 20.1. The summed E-state index contributed by atoms with van der Waals surface area (Å²) in [6, 6.07) is 7.53. The molecule has 6 nitrogen and oxygen atoms in total. The summed E-state index contributed by atoms with van der Waals surface area (Å²) in [6.07, 6.45) is 4.25. The Hall–Kier alpha value is -1.41. The Morgan fingerprint density at radius 1 is 1.00 bits per heavy atom. The predicted octanol–water partition coefficient (Wildman–Crippen LogP) is 2.37. The molecule has 0 unspecified atom stereocenters. The van der Waals surface area contributed by atoms with E-state index < -0.39 is 0 Å². The lowest BCUT2D eigenvalue weighted by molar-refractivity contribution is -0.0733. The number of hydrogen-bond donors (Lipinski definition) is 0. The maximum Gasteiger partial charge on any atom is 0.494 e. The molecule has 4 heterocycles. The summed E-state index contributed by atoms with van der Waals surface area (Å²) >= 11 is 0. The average Bonchev–Trinajstić information content (AvgIpc) is 3.11. The quantitative estimate of drug-likeness (QED) is 0.762. The lowest BCUT2D eigenvalue weighted by atomic mass is 9.79. The van der Waals surface area contributed by atoms with Gasteiger partial charge in [-0.1, -0.05) is 12.1 Å². The summed E-state index contributed by atoms with van der Waals surface area (Å²) in [5.74, 6) is 0. The first-order valence-corrected chi connectivity index (χ1v) is 10.5. The highest BCUT2D eigenvalue weighted by Gasteiger charge is 2.51. The van der Waals surface area contributed by atoms with Gasteiger partial charge >= 0.3 is 7.12 Å². The van der Waals surface area contributed by atoms with E-state index in [0.29, 0.717) is 12.1 Å². The lowest BCUT2D eigenvalue weighted by Crippen LogP contribution is -2.51. The SMILES string of the molecule is CC1(C)OB(c2ccc3cnn(C4CCN(C5COC5)CC4)c3c2)OC1(C)C. The largest absolute Gasteiger partial charge is 0.494 e. The second kappa shape index (κ2) is 6.56. The van der Waals surface area contributed by atoms with Gasteiger partial charge in [0.15, 0.2) is 0 Å². The molecule has 0 bridgehead atoms. The zero-order valence-electron chi connectivity index (χ0n) is 17.4. The molecule has 3 saturated heterocycles. The molecule has 3 fully saturated rings. The molecule has 7 heteroatoms. The van der Waals surface area contributed by atoms with Gasteiger partial charge in [0.1, 0.15) is 0 Å². The summed E-state index contributed by atoms with van der Waals surface area (Å²) in [5.41, 5.74) is 1.59. The van der Waals surface area contributed by atoms with Crippen molar-refractivity contribution in [1.82, 2.24) is 14.7 Å². The van der Waals surface area contributed by atoms with Crippen molar-refractivity contribution in [3.8, 4) is 0 Å². The van der Waals surface area contributed by atoms with Crippen molar-refractivity contribution in [3.63, 3.8) is 0 Å². The third kappa shape index (κ3) is 3.00.